The maximum absolute atomic E-state index is 14.0. The van der Waals surface area contributed by atoms with E-state index in [1.807, 2.05) is 18.2 Å². The number of allylic oxidation sites excluding steroid dienone is 4. The summed E-state index contributed by atoms with van der Waals surface area (Å²) >= 11 is 0. The number of aryl methyl sites for hydroxylation is 1. The Morgan fingerprint density at radius 3 is 1.22 bits per heavy atom. The van der Waals surface area contributed by atoms with E-state index in [-0.39, 0.29) is 5.82 Å². The molecule has 0 radical (unpaired) electrons. The van der Waals surface area contributed by atoms with Crippen molar-refractivity contribution in [2.45, 2.75) is 19.8 Å². The fraction of sp³-hybridized carbons (Fsp3) is 0.0545. The van der Waals surface area contributed by atoms with Crippen molar-refractivity contribution < 1.29 is 4.39 Å². The molecule has 2 nitrogen and oxygen atoms in total. The molecule has 1 aliphatic rings. The van der Waals surface area contributed by atoms with Crippen LogP contribution in [-0.2, 0) is 0 Å². The Labute approximate surface area is 341 Å². The summed E-state index contributed by atoms with van der Waals surface area (Å²) in [7, 11) is 0. The van der Waals surface area contributed by atoms with Gasteiger partial charge in [0, 0.05) is 34.1 Å². The third-order valence-electron chi connectivity index (χ3n) is 10.9. The van der Waals surface area contributed by atoms with Crippen LogP contribution in [0.5, 0.6) is 0 Å². The van der Waals surface area contributed by atoms with Crippen LogP contribution in [0.15, 0.2) is 224 Å². The molecule has 280 valence electrons. The number of rotatable bonds is 10. The molecule has 1 aliphatic carbocycles. The molecule has 0 aromatic heterocycles. The smallest absolute Gasteiger partial charge is 0.123 e. The van der Waals surface area contributed by atoms with Gasteiger partial charge in [-0.3, -0.25) is 0 Å². The predicted molar refractivity (Wildman–Crippen MR) is 242 cm³/mol. The second-order valence-corrected chi connectivity index (χ2v) is 14.8. The molecule has 58 heavy (non-hydrogen) atoms. The van der Waals surface area contributed by atoms with Crippen molar-refractivity contribution in [1.29, 1.82) is 0 Å². The van der Waals surface area contributed by atoms with Crippen LogP contribution >= 0.6 is 0 Å². The van der Waals surface area contributed by atoms with Crippen LogP contribution in [0.2, 0.25) is 0 Å². The van der Waals surface area contributed by atoms with Crippen molar-refractivity contribution in [3.05, 3.63) is 241 Å². The Balaban J connectivity index is 0.982. The lowest BCUT2D eigenvalue weighted by atomic mass is 9.92. The lowest BCUT2D eigenvalue weighted by Crippen LogP contribution is -2.17. The van der Waals surface area contributed by atoms with E-state index in [1.165, 1.54) is 56.8 Å². The molecular formula is C55H43FN2. The average molecular weight is 751 g/mol. The quantitative estimate of drug-likeness (QED) is 0.137. The molecule has 0 unspecified atom stereocenters. The largest absolute Gasteiger partial charge is 0.314 e. The molecule has 0 N–H and O–H groups in total. The first-order valence-electron chi connectivity index (χ1n) is 19.9. The van der Waals surface area contributed by atoms with E-state index in [1.54, 1.807) is 0 Å². The molecule has 0 atom stereocenters. The third kappa shape index (κ3) is 7.89. The van der Waals surface area contributed by atoms with Gasteiger partial charge in [-0.15, -0.1) is 0 Å². The fourth-order valence-corrected chi connectivity index (χ4v) is 7.83. The van der Waals surface area contributed by atoms with E-state index < -0.39 is 0 Å². The number of hydrogen-bond acceptors (Lipinski definition) is 2. The second kappa shape index (κ2) is 16.5. The molecule has 0 spiro atoms. The van der Waals surface area contributed by atoms with E-state index in [0.29, 0.717) is 0 Å². The van der Waals surface area contributed by atoms with Crippen molar-refractivity contribution in [2.75, 3.05) is 9.80 Å². The highest BCUT2D eigenvalue weighted by Crippen LogP contribution is 2.39. The number of nitrogens with zero attached hydrogens (tertiary/aromatic N) is 2. The van der Waals surface area contributed by atoms with Gasteiger partial charge in [0.15, 0.2) is 0 Å². The maximum Gasteiger partial charge on any atom is 0.123 e. The zero-order chi connectivity index (χ0) is 39.3. The molecule has 0 heterocycles. The van der Waals surface area contributed by atoms with Crippen LogP contribution < -0.4 is 9.80 Å². The van der Waals surface area contributed by atoms with E-state index in [4.69, 9.17) is 0 Å². The fourth-order valence-electron chi connectivity index (χ4n) is 7.83. The van der Waals surface area contributed by atoms with Gasteiger partial charge in [-0.2, -0.15) is 0 Å². The van der Waals surface area contributed by atoms with Gasteiger partial charge in [-0.1, -0.05) is 139 Å². The minimum Gasteiger partial charge on any atom is -0.314 e. The zero-order valence-electron chi connectivity index (χ0n) is 32.5. The van der Waals surface area contributed by atoms with Gasteiger partial charge < -0.3 is 9.80 Å². The Bertz CT molecular complexity index is 2680. The molecule has 0 amide bonds. The van der Waals surface area contributed by atoms with E-state index >= 15 is 0 Å². The number of halogens is 1. The van der Waals surface area contributed by atoms with Gasteiger partial charge in [-0.05, 0) is 149 Å². The molecule has 8 aromatic rings. The molecule has 0 saturated heterocycles. The first-order valence-corrected chi connectivity index (χ1v) is 19.9. The standard InChI is InChI=1S/C55H43FN2/c1-40-15-27-50(28-16-40)57(51-29-17-43(18-30-51)41-9-4-2-5-10-41)53-33-21-45(22-34-53)47-13-8-14-48(39-47)46-23-35-54(36-24-46)58(55-37-25-49(56)26-38-55)52-31-19-44(20-32-52)42-11-6-3-7-12-42/h2-21,23-33,35-39H,22,34H2,1H3. The minimum absolute atomic E-state index is 0.254. The highest BCUT2D eigenvalue weighted by atomic mass is 19.1. The van der Waals surface area contributed by atoms with Crippen molar-refractivity contribution in [2.24, 2.45) is 0 Å². The summed E-state index contributed by atoms with van der Waals surface area (Å²) in [6.45, 7) is 2.13. The van der Waals surface area contributed by atoms with Gasteiger partial charge in [-0.25, -0.2) is 4.39 Å². The second-order valence-electron chi connectivity index (χ2n) is 14.8. The minimum atomic E-state index is -0.254. The van der Waals surface area contributed by atoms with Crippen molar-refractivity contribution in [1.82, 2.24) is 0 Å². The Kier molecular flexibility index (Phi) is 10.3. The van der Waals surface area contributed by atoms with Gasteiger partial charge in [0.05, 0.1) is 0 Å². The van der Waals surface area contributed by atoms with Gasteiger partial charge in [0.25, 0.3) is 0 Å². The maximum atomic E-state index is 14.0. The molecule has 9 rings (SSSR count). The summed E-state index contributed by atoms with van der Waals surface area (Å²) < 4.78 is 14.0. The van der Waals surface area contributed by atoms with Gasteiger partial charge in [0.1, 0.15) is 5.82 Å². The summed E-state index contributed by atoms with van der Waals surface area (Å²) in [6, 6.07) is 71.4. The lowest BCUT2D eigenvalue weighted by molar-refractivity contribution is 0.628. The molecule has 3 heteroatoms. The molecule has 8 aromatic carbocycles. The molecular weight excluding hydrogens is 708 g/mol. The summed E-state index contributed by atoms with van der Waals surface area (Å²) in [4.78, 5) is 4.56. The summed E-state index contributed by atoms with van der Waals surface area (Å²) in [6.07, 6.45) is 6.45. The van der Waals surface area contributed by atoms with Gasteiger partial charge >= 0.3 is 0 Å². The zero-order valence-corrected chi connectivity index (χ0v) is 32.5. The first kappa shape index (κ1) is 36.4. The Morgan fingerprint density at radius 1 is 0.345 bits per heavy atom. The highest BCUT2D eigenvalue weighted by Gasteiger charge is 2.19. The monoisotopic (exact) mass is 750 g/mol. The van der Waals surface area contributed by atoms with E-state index in [9.17, 15) is 4.39 Å². The molecule has 0 saturated carbocycles. The van der Waals surface area contributed by atoms with E-state index in [0.717, 1.165) is 52.4 Å². The van der Waals surface area contributed by atoms with E-state index in [2.05, 4.69) is 205 Å². The summed E-state index contributed by atoms with van der Waals surface area (Å²) in [5.74, 6) is -0.254. The Hall–Kier alpha value is -7.23. The molecule has 0 aliphatic heterocycles. The first-order chi connectivity index (χ1) is 28.6. The Morgan fingerprint density at radius 2 is 0.741 bits per heavy atom. The summed E-state index contributed by atoms with van der Waals surface area (Å²) in [5, 5.41) is 0. The summed E-state index contributed by atoms with van der Waals surface area (Å²) in [5.41, 5.74) is 17.3. The predicted octanol–water partition coefficient (Wildman–Crippen LogP) is 15.5. The number of anilines is 5. The van der Waals surface area contributed by atoms with Crippen molar-refractivity contribution in [3.63, 3.8) is 0 Å². The van der Waals surface area contributed by atoms with Crippen LogP contribution in [0.3, 0.4) is 0 Å². The third-order valence-corrected chi connectivity index (χ3v) is 10.9. The highest BCUT2D eigenvalue weighted by molar-refractivity contribution is 5.81. The SMILES string of the molecule is Cc1ccc(N(C2=CC=C(c3cccc(-c4ccc(N(c5ccc(F)cc5)c5ccc(-c6ccccc6)cc5)cc4)c3)CC2)c2ccc(-c3ccccc3)cc2)cc1. The van der Waals surface area contributed by atoms with Crippen molar-refractivity contribution >= 4 is 34.0 Å². The van der Waals surface area contributed by atoms with Crippen LogP contribution in [0, 0.1) is 12.7 Å². The van der Waals surface area contributed by atoms with Crippen molar-refractivity contribution in [3.8, 4) is 33.4 Å². The average Bonchev–Trinajstić information content (AvgIpc) is 3.29. The number of hydrogen-bond donors (Lipinski definition) is 0. The molecule has 0 fully saturated rings. The normalized spacial score (nSPS) is 12.4. The van der Waals surface area contributed by atoms with Crippen LogP contribution in [0.4, 0.5) is 32.8 Å². The molecule has 0 bridgehead atoms. The van der Waals surface area contributed by atoms with Gasteiger partial charge in [0.2, 0.25) is 0 Å². The van der Waals surface area contributed by atoms with Crippen LogP contribution in [0.25, 0.3) is 39.0 Å². The van der Waals surface area contributed by atoms with Crippen LogP contribution in [0.1, 0.15) is 24.0 Å². The van der Waals surface area contributed by atoms with Crippen LogP contribution in [-0.4, -0.2) is 0 Å². The topological polar surface area (TPSA) is 6.48 Å². The number of benzene rings is 8. The lowest BCUT2D eigenvalue weighted by Gasteiger charge is -2.30.